The van der Waals surface area contributed by atoms with E-state index in [0.29, 0.717) is 0 Å². The number of allylic oxidation sites excluding steroid dienone is 8. The largest absolute Gasteiger partial charge is 0.167 e. The van der Waals surface area contributed by atoms with Crippen LogP contribution in [0.25, 0.3) is 0 Å². The van der Waals surface area contributed by atoms with Gasteiger partial charge >= 0.3 is 0 Å². The molecular formula is C26H38S. The molecule has 0 spiro atoms. The molecule has 2 rings (SSSR count). The summed E-state index contributed by atoms with van der Waals surface area (Å²) in [7, 11) is -1.13. The van der Waals surface area contributed by atoms with Gasteiger partial charge in [0.25, 0.3) is 0 Å². The van der Waals surface area contributed by atoms with Gasteiger partial charge in [-0.1, -0.05) is 94.0 Å². The topological polar surface area (TPSA) is 0 Å². The normalized spacial score (nSPS) is 18.0. The van der Waals surface area contributed by atoms with Crippen LogP contribution in [0.3, 0.4) is 0 Å². The van der Waals surface area contributed by atoms with Crippen LogP contribution < -0.4 is 0 Å². The molecule has 0 aliphatic heterocycles. The van der Waals surface area contributed by atoms with E-state index in [9.17, 15) is 0 Å². The molecule has 1 aromatic carbocycles. The summed E-state index contributed by atoms with van der Waals surface area (Å²) in [4.78, 5) is 3.03. The minimum atomic E-state index is -1.13. The molecule has 0 N–H and O–H groups in total. The standard InChI is InChI=1S/C24H32S.C2H6/c1-3-5-7-10-16-22-25(21-6-4-2,24-19-14-11-15-20-24)23-17-12-8-9-13-18-23;1-2/h3,5,7,10-12,14-20,22H,4,6,8-9,13,21H2,1-2H3;1-2H3/b5-3-,10-7-,22-16+;. The highest BCUT2D eigenvalue weighted by molar-refractivity contribution is 8.39. The van der Waals surface area contributed by atoms with Crippen molar-refractivity contribution in [2.75, 3.05) is 5.75 Å². The lowest BCUT2D eigenvalue weighted by Crippen LogP contribution is -2.06. The summed E-state index contributed by atoms with van der Waals surface area (Å²) in [6, 6.07) is 11.1. The molecule has 0 fully saturated rings. The molecule has 0 saturated heterocycles. The van der Waals surface area contributed by atoms with Crippen molar-refractivity contribution in [3.05, 3.63) is 89.3 Å². The highest BCUT2D eigenvalue weighted by Gasteiger charge is 2.26. The second-order valence-electron chi connectivity index (χ2n) is 6.34. The molecule has 1 atom stereocenters. The number of rotatable bonds is 8. The first-order valence-electron chi connectivity index (χ1n) is 10.5. The summed E-state index contributed by atoms with van der Waals surface area (Å²) in [6.07, 6.45) is 24.1. The molecule has 1 aliphatic rings. The predicted octanol–water partition coefficient (Wildman–Crippen LogP) is 8.95. The Morgan fingerprint density at radius 2 is 1.70 bits per heavy atom. The fourth-order valence-electron chi connectivity index (χ4n) is 3.07. The molecule has 1 aromatic rings. The molecule has 0 saturated carbocycles. The SMILES string of the molecule is CC.C\C=C/C=C\C=C\S(CCCC)(C1=CCCCC=C1)c1ccccc1. The zero-order valence-corrected chi connectivity index (χ0v) is 18.6. The van der Waals surface area contributed by atoms with E-state index in [1.165, 1.54) is 42.8 Å². The van der Waals surface area contributed by atoms with E-state index < -0.39 is 10.0 Å². The average Bonchev–Trinajstić information content (AvgIpc) is 3.02. The van der Waals surface area contributed by atoms with Gasteiger partial charge in [-0.3, -0.25) is 0 Å². The van der Waals surface area contributed by atoms with Crippen LogP contribution in [0.5, 0.6) is 0 Å². The van der Waals surface area contributed by atoms with E-state index in [0.717, 1.165) is 0 Å². The maximum Gasteiger partial charge on any atom is -0.00239 e. The third-order valence-corrected chi connectivity index (χ3v) is 8.26. The molecule has 1 aliphatic carbocycles. The van der Waals surface area contributed by atoms with E-state index in [1.54, 1.807) is 4.91 Å². The Morgan fingerprint density at radius 1 is 0.963 bits per heavy atom. The lowest BCUT2D eigenvalue weighted by atomic mass is 10.2. The average molecular weight is 383 g/mol. The van der Waals surface area contributed by atoms with Gasteiger partial charge in [-0.25, -0.2) is 0 Å². The third kappa shape index (κ3) is 7.42. The summed E-state index contributed by atoms with van der Waals surface area (Å²) in [5.41, 5.74) is 0. The van der Waals surface area contributed by atoms with Crippen molar-refractivity contribution in [2.45, 2.75) is 64.7 Å². The summed E-state index contributed by atoms with van der Waals surface area (Å²) in [5, 5.41) is 2.50. The molecule has 0 bridgehead atoms. The Bertz CT molecular complexity index is 646. The van der Waals surface area contributed by atoms with Gasteiger partial charge in [0.1, 0.15) is 0 Å². The van der Waals surface area contributed by atoms with Gasteiger partial charge in [0.2, 0.25) is 0 Å². The van der Waals surface area contributed by atoms with Crippen LogP contribution in [0.1, 0.15) is 59.8 Å². The van der Waals surface area contributed by atoms with Crippen molar-refractivity contribution in [1.29, 1.82) is 0 Å². The van der Waals surface area contributed by atoms with Crippen molar-refractivity contribution in [2.24, 2.45) is 0 Å². The van der Waals surface area contributed by atoms with Gasteiger partial charge in [0.15, 0.2) is 0 Å². The lowest BCUT2D eigenvalue weighted by Gasteiger charge is -2.39. The van der Waals surface area contributed by atoms with Crippen molar-refractivity contribution in [3.8, 4) is 0 Å². The first kappa shape index (κ1) is 23.3. The fourth-order valence-corrected chi connectivity index (χ4v) is 6.76. The van der Waals surface area contributed by atoms with E-state index in [1.807, 2.05) is 13.8 Å². The Kier molecular flexibility index (Phi) is 12.4. The molecule has 0 radical (unpaired) electrons. The Morgan fingerprint density at radius 3 is 2.41 bits per heavy atom. The molecule has 148 valence electrons. The Balaban J connectivity index is 0.00000176. The van der Waals surface area contributed by atoms with Gasteiger partial charge in [-0.05, 0) is 65.7 Å². The second kappa shape index (κ2) is 14.3. The Hall–Kier alpha value is -1.73. The van der Waals surface area contributed by atoms with Crippen molar-refractivity contribution in [1.82, 2.24) is 0 Å². The summed E-state index contributed by atoms with van der Waals surface area (Å²) in [5.74, 6) is 1.23. The molecule has 27 heavy (non-hydrogen) atoms. The second-order valence-corrected chi connectivity index (χ2v) is 9.55. The molecular weight excluding hydrogens is 344 g/mol. The molecule has 0 amide bonds. The first-order valence-corrected chi connectivity index (χ1v) is 12.4. The number of hydrogen-bond acceptors (Lipinski definition) is 0. The van der Waals surface area contributed by atoms with E-state index in [4.69, 9.17) is 0 Å². The highest BCUT2D eigenvalue weighted by Crippen LogP contribution is 2.64. The maximum absolute atomic E-state index is 2.50. The molecule has 1 unspecified atom stereocenters. The van der Waals surface area contributed by atoms with Gasteiger partial charge in [-0.15, -0.1) is 0 Å². The molecule has 1 heteroatoms. The molecule has 0 aromatic heterocycles. The molecule has 0 nitrogen and oxygen atoms in total. The summed E-state index contributed by atoms with van der Waals surface area (Å²) in [6.45, 7) is 8.35. The number of benzene rings is 1. The van der Waals surface area contributed by atoms with Gasteiger partial charge in [-0.2, -0.15) is 10.0 Å². The number of hydrogen-bond donors (Lipinski definition) is 0. The van der Waals surface area contributed by atoms with Crippen LogP contribution in [0.15, 0.2) is 94.1 Å². The van der Waals surface area contributed by atoms with Crippen LogP contribution in [0, 0.1) is 0 Å². The van der Waals surface area contributed by atoms with Gasteiger partial charge in [0, 0.05) is 0 Å². The predicted molar refractivity (Wildman–Crippen MR) is 128 cm³/mol. The number of unbranched alkanes of at least 4 members (excludes halogenated alkanes) is 1. The van der Waals surface area contributed by atoms with Gasteiger partial charge in [0.05, 0.1) is 0 Å². The van der Waals surface area contributed by atoms with Crippen LogP contribution in [0.2, 0.25) is 0 Å². The zero-order chi connectivity index (χ0) is 19.8. The third-order valence-electron chi connectivity index (χ3n) is 4.44. The van der Waals surface area contributed by atoms with E-state index in [2.05, 4.69) is 98.2 Å². The first-order chi connectivity index (χ1) is 13.3. The van der Waals surface area contributed by atoms with Crippen molar-refractivity contribution in [3.63, 3.8) is 0 Å². The van der Waals surface area contributed by atoms with Crippen LogP contribution in [-0.2, 0) is 0 Å². The van der Waals surface area contributed by atoms with Crippen molar-refractivity contribution >= 4 is 10.0 Å². The van der Waals surface area contributed by atoms with Gasteiger partial charge < -0.3 is 0 Å². The van der Waals surface area contributed by atoms with Crippen LogP contribution in [-0.4, -0.2) is 5.75 Å². The Labute approximate surface area is 169 Å². The van der Waals surface area contributed by atoms with Crippen LogP contribution >= 0.6 is 10.0 Å². The van der Waals surface area contributed by atoms with E-state index in [-0.39, 0.29) is 0 Å². The van der Waals surface area contributed by atoms with E-state index >= 15 is 0 Å². The van der Waals surface area contributed by atoms with Crippen LogP contribution in [0.4, 0.5) is 0 Å². The maximum atomic E-state index is 2.50. The zero-order valence-electron chi connectivity index (χ0n) is 17.7. The fraction of sp³-hybridized carbons (Fsp3) is 0.385. The lowest BCUT2D eigenvalue weighted by molar-refractivity contribution is 0.875. The molecule has 0 heterocycles. The highest BCUT2D eigenvalue weighted by atomic mass is 32.3. The minimum Gasteiger partial charge on any atom is -0.167 e. The summed E-state index contributed by atoms with van der Waals surface area (Å²) < 4.78 is 0. The minimum absolute atomic E-state index is 1.13. The quantitative estimate of drug-likeness (QED) is 0.393. The summed E-state index contributed by atoms with van der Waals surface area (Å²) >= 11 is 0. The monoisotopic (exact) mass is 382 g/mol. The smallest absolute Gasteiger partial charge is 0.00239 e. The van der Waals surface area contributed by atoms with Crippen molar-refractivity contribution < 1.29 is 0 Å².